The summed E-state index contributed by atoms with van der Waals surface area (Å²) in [6.07, 6.45) is 0. The van der Waals surface area contributed by atoms with Gasteiger partial charge in [0.1, 0.15) is 0 Å². The fourth-order valence-electron chi connectivity index (χ4n) is 1.99. The molecule has 0 spiro atoms. The molecule has 0 amide bonds. The predicted octanol–water partition coefficient (Wildman–Crippen LogP) is 3.25. The highest BCUT2D eigenvalue weighted by molar-refractivity contribution is 8.07. The summed E-state index contributed by atoms with van der Waals surface area (Å²) < 4.78 is 0. The lowest BCUT2D eigenvalue weighted by Gasteiger charge is -2.34. The summed E-state index contributed by atoms with van der Waals surface area (Å²) in [6, 6.07) is 2.77. The first-order valence-corrected chi connectivity index (χ1v) is 8.29. The van der Waals surface area contributed by atoms with Crippen LogP contribution in [0.2, 0.25) is 0 Å². The molecule has 0 bridgehead atoms. The molecule has 0 aromatic carbocycles. The first-order chi connectivity index (χ1) is 7.33. The lowest BCUT2D eigenvalue weighted by Crippen LogP contribution is -2.35. The van der Waals surface area contributed by atoms with E-state index in [9.17, 15) is 0 Å². The Morgan fingerprint density at radius 2 is 2.20 bits per heavy atom. The van der Waals surface area contributed by atoms with Crippen molar-refractivity contribution in [3.8, 4) is 0 Å². The third-order valence-electron chi connectivity index (χ3n) is 2.78. The SMILES string of the molecule is CNC(c1ccsc1)C1SCCSC1C. The summed E-state index contributed by atoms with van der Waals surface area (Å²) in [5.74, 6) is 2.60. The molecule has 4 heteroatoms. The second kappa shape index (κ2) is 5.62. The van der Waals surface area contributed by atoms with Crippen LogP contribution in [0.4, 0.5) is 0 Å². The maximum atomic E-state index is 3.48. The maximum Gasteiger partial charge on any atom is 0.0457 e. The minimum absolute atomic E-state index is 0.518. The lowest BCUT2D eigenvalue weighted by atomic mass is 10.1. The van der Waals surface area contributed by atoms with Crippen molar-refractivity contribution in [2.45, 2.75) is 23.5 Å². The van der Waals surface area contributed by atoms with Gasteiger partial charge < -0.3 is 5.32 Å². The second-order valence-corrected chi connectivity index (χ2v) is 7.29. The Morgan fingerprint density at radius 3 is 2.80 bits per heavy atom. The number of nitrogens with one attached hydrogen (secondary N) is 1. The monoisotopic (exact) mass is 259 g/mol. The highest BCUT2D eigenvalue weighted by Crippen LogP contribution is 2.38. The largest absolute Gasteiger partial charge is 0.312 e. The zero-order valence-corrected chi connectivity index (χ0v) is 11.6. The summed E-state index contributed by atoms with van der Waals surface area (Å²) in [7, 11) is 2.08. The van der Waals surface area contributed by atoms with Crippen LogP contribution in [0.3, 0.4) is 0 Å². The highest BCUT2D eigenvalue weighted by atomic mass is 32.2. The molecule has 2 heterocycles. The van der Waals surface area contributed by atoms with Gasteiger partial charge in [0.15, 0.2) is 0 Å². The van der Waals surface area contributed by atoms with Crippen molar-refractivity contribution in [1.29, 1.82) is 0 Å². The van der Waals surface area contributed by atoms with Crippen molar-refractivity contribution < 1.29 is 0 Å². The van der Waals surface area contributed by atoms with E-state index in [-0.39, 0.29) is 0 Å². The van der Waals surface area contributed by atoms with Gasteiger partial charge in [0.25, 0.3) is 0 Å². The zero-order chi connectivity index (χ0) is 10.7. The van der Waals surface area contributed by atoms with E-state index in [4.69, 9.17) is 0 Å². The molecule has 2 rings (SSSR count). The fourth-order valence-corrected chi connectivity index (χ4v) is 5.67. The van der Waals surface area contributed by atoms with E-state index >= 15 is 0 Å². The van der Waals surface area contributed by atoms with E-state index in [0.717, 1.165) is 5.25 Å². The third kappa shape index (κ3) is 2.73. The molecule has 1 aliphatic rings. The molecule has 3 atom stereocenters. The molecule has 1 fully saturated rings. The summed E-state index contributed by atoms with van der Waals surface area (Å²) in [6.45, 7) is 2.36. The Hall–Kier alpha value is 0.360. The van der Waals surface area contributed by atoms with E-state index in [1.165, 1.54) is 17.1 Å². The summed E-state index contributed by atoms with van der Waals surface area (Å²) >= 11 is 6.03. The van der Waals surface area contributed by atoms with Crippen molar-refractivity contribution in [2.24, 2.45) is 0 Å². The van der Waals surface area contributed by atoms with Crippen LogP contribution >= 0.6 is 34.9 Å². The van der Waals surface area contributed by atoms with E-state index in [1.807, 2.05) is 0 Å². The Kier molecular flexibility index (Phi) is 4.43. The van der Waals surface area contributed by atoms with Crippen molar-refractivity contribution in [1.82, 2.24) is 5.32 Å². The molecule has 1 aromatic rings. The van der Waals surface area contributed by atoms with Crippen LogP contribution in [0.1, 0.15) is 18.5 Å². The summed E-state index contributed by atoms with van der Waals surface area (Å²) in [5.41, 5.74) is 1.45. The molecule has 0 saturated carbocycles. The molecule has 1 aliphatic heterocycles. The first kappa shape index (κ1) is 11.8. The molecule has 1 aromatic heterocycles. The molecule has 1 saturated heterocycles. The van der Waals surface area contributed by atoms with Gasteiger partial charge in [0.2, 0.25) is 0 Å². The van der Waals surface area contributed by atoms with Gasteiger partial charge >= 0.3 is 0 Å². The Morgan fingerprint density at radius 1 is 1.40 bits per heavy atom. The average Bonchev–Trinajstić information content (AvgIpc) is 2.75. The average molecular weight is 259 g/mol. The Bertz CT molecular complexity index is 286. The van der Waals surface area contributed by atoms with Gasteiger partial charge in [-0.1, -0.05) is 6.92 Å². The lowest BCUT2D eigenvalue weighted by molar-refractivity contribution is 0.562. The highest BCUT2D eigenvalue weighted by Gasteiger charge is 2.30. The minimum atomic E-state index is 0.518. The van der Waals surface area contributed by atoms with Gasteiger partial charge in [-0.2, -0.15) is 34.9 Å². The van der Waals surface area contributed by atoms with Gasteiger partial charge in [-0.3, -0.25) is 0 Å². The molecule has 84 valence electrons. The molecular formula is C11H17NS3. The number of rotatable bonds is 3. The van der Waals surface area contributed by atoms with Crippen LogP contribution in [-0.2, 0) is 0 Å². The van der Waals surface area contributed by atoms with Crippen LogP contribution in [0.25, 0.3) is 0 Å². The molecule has 1 nitrogen and oxygen atoms in total. The maximum absolute atomic E-state index is 3.48. The first-order valence-electron chi connectivity index (χ1n) is 5.25. The summed E-state index contributed by atoms with van der Waals surface area (Å²) in [4.78, 5) is 0. The van der Waals surface area contributed by atoms with E-state index in [0.29, 0.717) is 11.3 Å². The molecular weight excluding hydrogens is 242 g/mol. The number of thioether (sulfide) groups is 2. The number of thiophene rings is 1. The van der Waals surface area contributed by atoms with Crippen LogP contribution in [-0.4, -0.2) is 29.1 Å². The van der Waals surface area contributed by atoms with Crippen molar-refractivity contribution in [3.63, 3.8) is 0 Å². The topological polar surface area (TPSA) is 12.0 Å². The Balaban J connectivity index is 2.11. The van der Waals surface area contributed by atoms with Crippen LogP contribution in [0, 0.1) is 0 Å². The van der Waals surface area contributed by atoms with Crippen LogP contribution in [0.15, 0.2) is 16.8 Å². The predicted molar refractivity (Wildman–Crippen MR) is 74.3 cm³/mol. The normalized spacial score (nSPS) is 28.9. The Labute approximate surface area is 104 Å². The van der Waals surface area contributed by atoms with Crippen LogP contribution in [0.5, 0.6) is 0 Å². The minimum Gasteiger partial charge on any atom is -0.312 e. The van der Waals surface area contributed by atoms with Gasteiger partial charge in [-0.15, -0.1) is 0 Å². The quantitative estimate of drug-likeness (QED) is 0.895. The van der Waals surface area contributed by atoms with Crippen molar-refractivity contribution in [3.05, 3.63) is 22.4 Å². The smallest absolute Gasteiger partial charge is 0.0457 e. The van der Waals surface area contributed by atoms with E-state index < -0.39 is 0 Å². The van der Waals surface area contributed by atoms with E-state index in [1.54, 1.807) is 11.3 Å². The second-order valence-electron chi connectivity index (χ2n) is 3.73. The van der Waals surface area contributed by atoms with Gasteiger partial charge in [-0.05, 0) is 29.4 Å². The van der Waals surface area contributed by atoms with Gasteiger partial charge in [-0.25, -0.2) is 0 Å². The van der Waals surface area contributed by atoms with Gasteiger partial charge in [0, 0.05) is 28.0 Å². The molecule has 15 heavy (non-hydrogen) atoms. The van der Waals surface area contributed by atoms with E-state index in [2.05, 4.69) is 59.6 Å². The standard InChI is InChI=1S/C11H17NS3/c1-8-11(15-6-5-14-8)10(12-2)9-3-4-13-7-9/h3-4,7-8,10-12H,5-6H2,1-2H3. The zero-order valence-electron chi connectivity index (χ0n) is 9.10. The third-order valence-corrected chi connectivity index (χ3v) is 6.68. The number of hydrogen-bond acceptors (Lipinski definition) is 4. The summed E-state index contributed by atoms with van der Waals surface area (Å²) in [5, 5.41) is 9.38. The molecule has 3 unspecified atom stereocenters. The number of hydrogen-bond donors (Lipinski definition) is 1. The molecule has 0 radical (unpaired) electrons. The molecule has 1 N–H and O–H groups in total. The fraction of sp³-hybridized carbons (Fsp3) is 0.636. The van der Waals surface area contributed by atoms with Crippen molar-refractivity contribution >= 4 is 34.9 Å². The molecule has 0 aliphatic carbocycles. The van der Waals surface area contributed by atoms with Gasteiger partial charge in [0.05, 0.1) is 0 Å². The van der Waals surface area contributed by atoms with Crippen LogP contribution < -0.4 is 5.32 Å². The van der Waals surface area contributed by atoms with Crippen molar-refractivity contribution in [2.75, 3.05) is 18.6 Å².